The predicted molar refractivity (Wildman–Crippen MR) is 291 cm³/mol. The fourth-order valence-electron chi connectivity index (χ4n) is 11.1. The average Bonchev–Trinajstić information content (AvgIpc) is 4.18. The molecule has 6 atom stereocenters. The quantitative estimate of drug-likeness (QED) is 0.0789. The highest BCUT2D eigenvalue weighted by molar-refractivity contribution is 7.92. The number of aromatic nitrogens is 6. The lowest BCUT2D eigenvalue weighted by Gasteiger charge is -2.35. The standard InChI is InChI=1S/C50H62Cl2N14O8S2/c1-29-23-65-45(21-37(57-65)41-9-5-7-17-63(41)49(69)33-19-31(51)11-13-35(33)59-75(3,71)72)55-47(29)61-25-39(43(67)27-61)53-15-16-54-40-26-62(28-44(40)68)48-30(2)24-66-46(56-48)22-38(58-66)42-10-6-8-18-64(42)50(70)34-20-32(52)12-14-36(34)60-76(4,73)74/h11-14,19-24,39-44,53-54,59-60,67-68H,5-10,15-18,25-28H2,1-4H3. The second-order valence-electron chi connectivity index (χ2n) is 20.5. The Labute approximate surface area is 450 Å². The number of aliphatic hydroxyl groups excluding tert-OH is 2. The Morgan fingerprint density at radius 1 is 0.618 bits per heavy atom. The Kier molecular flexibility index (Phi) is 15.2. The van der Waals surface area contributed by atoms with Crippen molar-refractivity contribution >= 4 is 89.4 Å². The first-order valence-corrected chi connectivity index (χ1v) is 29.9. The molecular formula is C50H62Cl2N14O8S2. The highest BCUT2D eigenvalue weighted by Crippen LogP contribution is 2.37. The smallest absolute Gasteiger partial charge is 0.256 e. The molecule has 10 rings (SSSR count). The van der Waals surface area contributed by atoms with Gasteiger partial charge in [-0.15, -0.1) is 0 Å². The Morgan fingerprint density at radius 3 is 1.42 bits per heavy atom. The number of fused-ring (bicyclic) bond motifs is 2. The molecule has 406 valence electrons. The molecule has 6 aromatic rings. The second-order valence-corrected chi connectivity index (χ2v) is 24.8. The summed E-state index contributed by atoms with van der Waals surface area (Å²) in [5.74, 6) is 0.732. The van der Waals surface area contributed by atoms with Crippen LogP contribution in [0.1, 0.15) is 93.8 Å². The molecule has 4 aromatic heterocycles. The van der Waals surface area contributed by atoms with Crippen molar-refractivity contribution in [2.24, 2.45) is 0 Å². The van der Waals surface area contributed by atoms with Crippen molar-refractivity contribution in [3.8, 4) is 0 Å². The van der Waals surface area contributed by atoms with Gasteiger partial charge in [-0.2, -0.15) is 10.2 Å². The summed E-state index contributed by atoms with van der Waals surface area (Å²) in [7, 11) is -7.33. The van der Waals surface area contributed by atoms with Crippen LogP contribution in [0.2, 0.25) is 10.0 Å². The van der Waals surface area contributed by atoms with Gasteiger partial charge >= 0.3 is 0 Å². The number of benzene rings is 2. The molecule has 2 amide bonds. The summed E-state index contributed by atoms with van der Waals surface area (Å²) in [5, 5.41) is 39.8. The lowest BCUT2D eigenvalue weighted by molar-refractivity contribution is 0.0600. The molecule has 0 spiro atoms. The van der Waals surface area contributed by atoms with Gasteiger partial charge in [-0.3, -0.25) is 19.0 Å². The van der Waals surface area contributed by atoms with Crippen molar-refractivity contribution < 1.29 is 36.6 Å². The van der Waals surface area contributed by atoms with Crippen LogP contribution in [0.3, 0.4) is 0 Å². The van der Waals surface area contributed by atoms with Crippen LogP contribution in [0.4, 0.5) is 23.0 Å². The Balaban J connectivity index is 0.752. The van der Waals surface area contributed by atoms with Gasteiger partial charge < -0.3 is 40.4 Å². The number of amides is 2. The minimum Gasteiger partial charge on any atom is -0.390 e. The molecule has 0 saturated carbocycles. The lowest BCUT2D eigenvalue weighted by atomic mass is 9.98. The van der Waals surface area contributed by atoms with E-state index in [1.165, 1.54) is 36.4 Å². The number of rotatable bonds is 15. The number of nitrogens with zero attached hydrogens (tertiary/aromatic N) is 10. The Hall–Kier alpha value is -5.86. The second kappa shape index (κ2) is 21.5. The van der Waals surface area contributed by atoms with Crippen LogP contribution >= 0.6 is 23.2 Å². The van der Waals surface area contributed by atoms with Gasteiger partial charge in [0.2, 0.25) is 20.0 Å². The van der Waals surface area contributed by atoms with Gasteiger partial charge in [0.05, 0.1) is 82.8 Å². The zero-order valence-electron chi connectivity index (χ0n) is 42.5. The molecule has 4 aliphatic rings. The molecule has 8 heterocycles. The topological polar surface area (TPSA) is 264 Å². The zero-order chi connectivity index (χ0) is 53.8. The summed E-state index contributed by atoms with van der Waals surface area (Å²) in [6.07, 6.45) is 9.16. The summed E-state index contributed by atoms with van der Waals surface area (Å²) >= 11 is 12.6. The molecule has 26 heteroatoms. The van der Waals surface area contributed by atoms with Crippen molar-refractivity contribution in [3.63, 3.8) is 0 Å². The normalized spacial score (nSPS) is 22.5. The van der Waals surface area contributed by atoms with E-state index in [2.05, 4.69) is 29.9 Å². The fourth-order valence-corrected chi connectivity index (χ4v) is 12.6. The average molecular weight is 1120 g/mol. The molecule has 4 aliphatic heterocycles. The third-order valence-corrected chi connectivity index (χ3v) is 16.2. The van der Waals surface area contributed by atoms with Crippen molar-refractivity contribution in [1.82, 2.24) is 49.6 Å². The number of likely N-dealkylation sites (tertiary alicyclic amines) is 2. The molecule has 4 fully saturated rings. The molecule has 0 radical (unpaired) electrons. The highest BCUT2D eigenvalue weighted by Gasteiger charge is 2.37. The van der Waals surface area contributed by atoms with Crippen molar-refractivity contribution in [2.45, 2.75) is 88.7 Å². The largest absolute Gasteiger partial charge is 0.390 e. The van der Waals surface area contributed by atoms with Gasteiger partial charge in [0.25, 0.3) is 11.8 Å². The summed E-state index contributed by atoms with van der Waals surface area (Å²) in [4.78, 5) is 45.8. The van der Waals surface area contributed by atoms with E-state index in [0.29, 0.717) is 97.9 Å². The highest BCUT2D eigenvalue weighted by atomic mass is 35.5. The monoisotopic (exact) mass is 1120 g/mol. The summed E-state index contributed by atoms with van der Waals surface area (Å²) in [6, 6.07) is 11.5. The van der Waals surface area contributed by atoms with E-state index in [1.54, 1.807) is 18.8 Å². The van der Waals surface area contributed by atoms with Gasteiger partial charge in [0.15, 0.2) is 11.3 Å². The number of aryl methyl sites for hydroxylation is 2. The molecule has 2 aromatic carbocycles. The van der Waals surface area contributed by atoms with Gasteiger partial charge in [-0.05, 0) is 88.8 Å². The number of sulfonamides is 2. The van der Waals surface area contributed by atoms with Gasteiger partial charge in [0.1, 0.15) is 11.6 Å². The molecule has 22 nitrogen and oxygen atoms in total. The van der Waals surface area contributed by atoms with E-state index in [-0.39, 0.29) is 58.5 Å². The molecule has 0 bridgehead atoms. The molecule has 76 heavy (non-hydrogen) atoms. The third kappa shape index (κ3) is 11.5. The van der Waals surface area contributed by atoms with Crippen LogP contribution < -0.4 is 29.9 Å². The van der Waals surface area contributed by atoms with Crippen LogP contribution in [0.5, 0.6) is 0 Å². The number of carbonyl (C=O) groups excluding carboxylic acids is 2. The third-order valence-electron chi connectivity index (χ3n) is 14.6. The summed E-state index contributed by atoms with van der Waals surface area (Å²) < 4.78 is 56.9. The lowest BCUT2D eigenvalue weighted by Crippen LogP contribution is -2.46. The predicted octanol–water partition coefficient (Wildman–Crippen LogP) is 4.15. The van der Waals surface area contributed by atoms with Crippen molar-refractivity contribution in [2.75, 3.05) is 84.1 Å². The number of halogens is 2. The van der Waals surface area contributed by atoms with Gasteiger partial charge in [0, 0.05) is 98.1 Å². The number of piperidine rings is 2. The SMILES string of the molecule is Cc1cn2nc(C3CCCCN3C(=O)c3cc(Cl)ccc3NS(C)(=O)=O)cc2nc1N1CC(O)C(NCCNC2CN(c3nc4cc(C5CCCCN5C(=O)c5cc(Cl)ccc5NS(C)(=O)=O)nn4cc3C)CC2O)C1. The first-order chi connectivity index (χ1) is 36.2. The van der Waals surface area contributed by atoms with Gasteiger partial charge in [-0.25, -0.2) is 35.8 Å². The van der Waals surface area contributed by atoms with Gasteiger partial charge in [-0.1, -0.05) is 23.2 Å². The van der Waals surface area contributed by atoms with E-state index in [9.17, 15) is 36.6 Å². The van der Waals surface area contributed by atoms with Crippen LogP contribution in [0.15, 0.2) is 60.9 Å². The molecule has 0 aliphatic carbocycles. The summed E-state index contributed by atoms with van der Waals surface area (Å²) in [6.45, 7) is 7.61. The minimum atomic E-state index is -3.67. The van der Waals surface area contributed by atoms with Crippen LogP contribution in [0.25, 0.3) is 11.3 Å². The van der Waals surface area contributed by atoms with E-state index >= 15 is 0 Å². The fraction of sp³-hybridized carbons (Fsp3) is 0.480. The number of carbonyl (C=O) groups is 2. The number of hydrogen-bond acceptors (Lipinski definition) is 16. The van der Waals surface area contributed by atoms with Crippen LogP contribution in [-0.4, -0.2) is 167 Å². The Morgan fingerprint density at radius 2 is 1.03 bits per heavy atom. The van der Waals surface area contributed by atoms with Crippen molar-refractivity contribution in [1.29, 1.82) is 0 Å². The maximum absolute atomic E-state index is 14.1. The Bertz CT molecular complexity index is 3210. The molecular weight excluding hydrogens is 1060 g/mol. The van der Waals surface area contributed by atoms with E-state index in [1.807, 2.05) is 38.4 Å². The molecule has 4 saturated heterocycles. The maximum atomic E-state index is 14.1. The van der Waals surface area contributed by atoms with E-state index in [4.69, 9.17) is 43.4 Å². The first-order valence-electron chi connectivity index (χ1n) is 25.4. The molecule has 6 N–H and O–H groups in total. The number of β-amino-alcohol motifs (C(OH)–C–C–N with tert-alkyl or cyclic N) is 2. The first kappa shape index (κ1) is 53.5. The minimum absolute atomic E-state index is 0.155. The van der Waals surface area contributed by atoms with E-state index < -0.39 is 32.3 Å². The zero-order valence-corrected chi connectivity index (χ0v) is 45.7. The number of aliphatic hydroxyl groups is 2. The number of anilines is 4. The molecule has 6 unspecified atom stereocenters. The summed E-state index contributed by atoms with van der Waals surface area (Å²) in [5.41, 5.74) is 4.86. The van der Waals surface area contributed by atoms with Crippen LogP contribution in [-0.2, 0) is 20.0 Å². The van der Waals surface area contributed by atoms with Crippen LogP contribution in [0, 0.1) is 13.8 Å². The maximum Gasteiger partial charge on any atom is 0.256 e. The van der Waals surface area contributed by atoms with Crippen molar-refractivity contribution in [3.05, 3.63) is 105 Å². The number of nitrogens with one attached hydrogen (secondary N) is 4. The van der Waals surface area contributed by atoms with E-state index in [0.717, 1.165) is 61.0 Å². The number of hydrogen-bond donors (Lipinski definition) is 6.